The van der Waals surface area contributed by atoms with Gasteiger partial charge in [0.25, 0.3) is 0 Å². The van der Waals surface area contributed by atoms with E-state index in [0.29, 0.717) is 61.1 Å². The maximum Gasteiger partial charge on any atom is 0.0953 e. The summed E-state index contributed by atoms with van der Waals surface area (Å²) in [5.41, 5.74) is 5.08. The van der Waals surface area contributed by atoms with Crippen LogP contribution in [-0.2, 0) is 0 Å². The van der Waals surface area contributed by atoms with Gasteiger partial charge in [0.15, 0.2) is 0 Å². The van der Waals surface area contributed by atoms with E-state index in [1.807, 2.05) is 0 Å². The molecule has 2 nitrogen and oxygen atoms in total. The van der Waals surface area contributed by atoms with Crippen LogP contribution in [0.1, 0.15) is 232 Å². The van der Waals surface area contributed by atoms with E-state index in [0.717, 1.165) is 65.8 Å². The standard InChI is InChI=1S/C31H50O.C30H50O/c1-20(2)21(3)9-10-22(4)23-13-16-29(8)25-12-11-24-27(5,6)15-14-26(32)31(24)19-30(25,31)18-17-28(23,29)7;1-20(2)9-8-10-21(3)22-13-16-28(7)24-12-11-23-26(4,5)15-14-25(31)30(23)19-29(24,30)18-17-27(22,28)6/h14,20,22-25,32H,3,9-13,15-19H2,1-2,4-8H3;14,20-24,31H,8-13,15-19H2,1-7H3/t22-,23-,24+,25+,28-,29+,30+,31-;21-,22-,23+,24+,27-,28+,29+,30-/m11/s1. The molecule has 2 N–H and O–H groups in total. The minimum Gasteiger partial charge on any atom is -0.512 e. The lowest BCUT2D eigenvalue weighted by Gasteiger charge is -2.62. The fraction of sp³-hybridized carbons (Fsp3) is 0.902. The van der Waals surface area contributed by atoms with Gasteiger partial charge in [0.1, 0.15) is 0 Å². The highest BCUT2D eigenvalue weighted by Gasteiger charge is 2.85. The summed E-state index contributed by atoms with van der Waals surface area (Å²) in [7, 11) is 0. The molecule has 8 fully saturated rings. The zero-order chi connectivity index (χ0) is 45.8. The molecule has 0 radical (unpaired) electrons. The first-order valence-electron chi connectivity index (χ1n) is 27.8. The number of aliphatic hydroxyl groups excluding tert-OH is 2. The molecule has 2 heteroatoms. The highest BCUT2D eigenvalue weighted by molar-refractivity contribution is 5.40. The summed E-state index contributed by atoms with van der Waals surface area (Å²) in [5, 5.41) is 22.6. The molecule has 10 aliphatic carbocycles. The number of hydrogen-bond acceptors (Lipinski definition) is 2. The Balaban J connectivity index is 0.000000160. The predicted molar refractivity (Wildman–Crippen MR) is 266 cm³/mol. The van der Waals surface area contributed by atoms with Crippen molar-refractivity contribution in [3.63, 3.8) is 0 Å². The van der Waals surface area contributed by atoms with Crippen molar-refractivity contribution >= 4 is 0 Å². The Kier molecular flexibility index (Phi) is 11.1. The van der Waals surface area contributed by atoms with Crippen molar-refractivity contribution in [3.05, 3.63) is 35.8 Å². The van der Waals surface area contributed by atoms with Gasteiger partial charge in [0, 0.05) is 10.8 Å². The van der Waals surface area contributed by atoms with Crippen LogP contribution in [0.25, 0.3) is 0 Å². The molecule has 0 bridgehead atoms. The SMILES string of the molecule is C=C(CC[C@@H](C)[C@H]1CC[C@@]2(C)[C@@H]3CC[C@H]4C(C)(C)CC=C(O)[C@@]45C[C@@]35CC[C@]12C)C(C)C.CC(C)CCC[C@@H](C)[C@H]1CC[C@@]2(C)[C@@H]3CC[C@H]4C(C)(C)CC=C(O)[C@@]45C[C@@]35CC[C@]12C. The smallest absolute Gasteiger partial charge is 0.0953 e. The molecule has 8 saturated carbocycles. The van der Waals surface area contributed by atoms with Crippen molar-refractivity contribution in [2.24, 2.45) is 113 Å². The average molecular weight is 865 g/mol. The average Bonchev–Trinajstić information content (AvgIpc) is 4.04. The summed E-state index contributed by atoms with van der Waals surface area (Å²) in [6, 6.07) is 0. The summed E-state index contributed by atoms with van der Waals surface area (Å²) in [5.74, 6) is 9.48. The van der Waals surface area contributed by atoms with Crippen LogP contribution in [0.5, 0.6) is 0 Å². The third kappa shape index (κ3) is 6.09. The predicted octanol–water partition coefficient (Wildman–Crippen LogP) is 18.0. The Morgan fingerprint density at radius 3 is 1.37 bits per heavy atom. The number of hydrogen-bond donors (Lipinski definition) is 2. The third-order valence-corrected chi connectivity index (χ3v) is 25.6. The van der Waals surface area contributed by atoms with Crippen LogP contribution in [0.15, 0.2) is 35.8 Å². The zero-order valence-corrected chi connectivity index (χ0v) is 43.9. The second-order valence-corrected chi connectivity index (χ2v) is 29.1. The van der Waals surface area contributed by atoms with E-state index in [-0.39, 0.29) is 10.8 Å². The molecule has 0 unspecified atom stereocenters. The van der Waals surface area contributed by atoms with Crippen molar-refractivity contribution in [3.8, 4) is 0 Å². The molecule has 16 atom stereocenters. The van der Waals surface area contributed by atoms with Gasteiger partial charge in [-0.1, -0.05) is 128 Å². The fourth-order valence-electron chi connectivity index (χ4n) is 21.6. The third-order valence-electron chi connectivity index (χ3n) is 25.6. The Morgan fingerprint density at radius 2 is 0.952 bits per heavy atom. The lowest BCUT2D eigenvalue weighted by molar-refractivity contribution is -0.134. The van der Waals surface area contributed by atoms with Crippen LogP contribution in [0.3, 0.4) is 0 Å². The van der Waals surface area contributed by atoms with Crippen molar-refractivity contribution in [1.29, 1.82) is 0 Å². The molecule has 0 aromatic rings. The van der Waals surface area contributed by atoms with Crippen LogP contribution in [0, 0.1) is 113 Å². The summed E-state index contributed by atoms with van der Waals surface area (Å²) in [6.45, 7) is 39.5. The van der Waals surface area contributed by atoms with Gasteiger partial charge in [-0.25, -0.2) is 0 Å². The highest BCUT2D eigenvalue weighted by Crippen LogP contribution is 2.91. The molecule has 0 aliphatic heterocycles. The van der Waals surface area contributed by atoms with Crippen LogP contribution in [0.2, 0.25) is 0 Å². The molecule has 0 amide bonds. The van der Waals surface area contributed by atoms with Crippen LogP contribution >= 0.6 is 0 Å². The van der Waals surface area contributed by atoms with Crippen molar-refractivity contribution in [2.75, 3.05) is 0 Å². The largest absolute Gasteiger partial charge is 0.512 e. The summed E-state index contributed by atoms with van der Waals surface area (Å²) in [6.07, 6.45) is 32.6. The minimum atomic E-state index is 0.126. The van der Waals surface area contributed by atoms with E-state index in [4.69, 9.17) is 0 Å². The maximum atomic E-state index is 11.3. The Hall–Kier alpha value is -1.18. The normalized spacial score (nSPS) is 50.0. The van der Waals surface area contributed by atoms with Crippen LogP contribution < -0.4 is 0 Å². The van der Waals surface area contributed by atoms with E-state index in [9.17, 15) is 10.2 Å². The molecular weight excluding hydrogens is 765 g/mol. The summed E-state index contributed by atoms with van der Waals surface area (Å²) >= 11 is 0. The molecular formula is C61H100O2. The van der Waals surface area contributed by atoms with Gasteiger partial charge in [-0.05, 0) is 230 Å². The van der Waals surface area contributed by atoms with E-state index >= 15 is 0 Å². The van der Waals surface area contributed by atoms with Gasteiger partial charge >= 0.3 is 0 Å². The van der Waals surface area contributed by atoms with Gasteiger partial charge in [0.2, 0.25) is 0 Å². The second kappa shape index (κ2) is 14.9. The Bertz CT molecular complexity index is 1860. The Labute approximate surface area is 389 Å². The van der Waals surface area contributed by atoms with E-state index in [1.54, 1.807) is 0 Å². The van der Waals surface area contributed by atoms with E-state index in [1.165, 1.54) is 128 Å². The monoisotopic (exact) mass is 865 g/mol. The molecule has 4 spiro atoms. The highest BCUT2D eigenvalue weighted by atomic mass is 16.3. The number of fused-ring (bicyclic) bond motifs is 4. The summed E-state index contributed by atoms with van der Waals surface area (Å²) in [4.78, 5) is 0. The van der Waals surface area contributed by atoms with Gasteiger partial charge < -0.3 is 10.2 Å². The fourth-order valence-corrected chi connectivity index (χ4v) is 21.6. The molecule has 63 heavy (non-hydrogen) atoms. The van der Waals surface area contributed by atoms with Gasteiger partial charge in [0.05, 0.1) is 11.5 Å². The molecule has 0 aromatic carbocycles. The van der Waals surface area contributed by atoms with E-state index < -0.39 is 0 Å². The molecule has 0 saturated heterocycles. The van der Waals surface area contributed by atoms with Gasteiger partial charge in [-0.15, -0.1) is 0 Å². The molecule has 0 aromatic heterocycles. The lowest BCUT2D eigenvalue weighted by atomic mass is 9.42. The first kappa shape index (κ1) is 46.9. The topological polar surface area (TPSA) is 40.5 Å². The van der Waals surface area contributed by atoms with Crippen LogP contribution in [-0.4, -0.2) is 10.2 Å². The molecule has 0 heterocycles. The first-order chi connectivity index (χ1) is 29.3. The molecule has 10 rings (SSSR count). The van der Waals surface area contributed by atoms with Crippen LogP contribution in [0.4, 0.5) is 0 Å². The van der Waals surface area contributed by atoms with Crippen molar-refractivity contribution in [2.45, 2.75) is 232 Å². The minimum absolute atomic E-state index is 0.126. The maximum absolute atomic E-state index is 11.3. The van der Waals surface area contributed by atoms with E-state index in [2.05, 4.69) is 116 Å². The first-order valence-corrected chi connectivity index (χ1v) is 27.8. The summed E-state index contributed by atoms with van der Waals surface area (Å²) < 4.78 is 0. The second-order valence-electron chi connectivity index (χ2n) is 29.1. The van der Waals surface area contributed by atoms with Gasteiger partial charge in [-0.3, -0.25) is 0 Å². The molecule has 356 valence electrons. The number of allylic oxidation sites excluding steroid dienone is 5. The van der Waals surface area contributed by atoms with Crippen molar-refractivity contribution in [1.82, 2.24) is 0 Å². The number of aliphatic hydroxyl groups is 2. The zero-order valence-electron chi connectivity index (χ0n) is 43.9. The number of rotatable bonds is 10. The quantitative estimate of drug-likeness (QED) is 0.215. The lowest BCUT2D eigenvalue weighted by Crippen LogP contribution is -2.56. The molecule has 10 aliphatic rings. The van der Waals surface area contributed by atoms with Crippen molar-refractivity contribution < 1.29 is 10.2 Å². The Morgan fingerprint density at radius 1 is 0.540 bits per heavy atom. The van der Waals surface area contributed by atoms with Gasteiger partial charge in [-0.2, -0.15) is 0 Å².